The molecule has 60 valence electrons. The zero-order valence-corrected chi connectivity index (χ0v) is 7.11. The molecule has 0 aliphatic rings. The second-order valence-corrected chi connectivity index (χ2v) is 1.70. The topological polar surface area (TPSA) is 52.0 Å². The number of oxazole rings is 1. The molecule has 0 fully saturated rings. The van der Waals surface area contributed by atoms with Crippen LogP contribution in [-0.2, 0) is 0 Å². The zero-order chi connectivity index (χ0) is 5.98. The largest absolute Gasteiger partial charge is 0.451 e. The van der Waals surface area contributed by atoms with Gasteiger partial charge in [-0.1, -0.05) is 0 Å². The lowest BCUT2D eigenvalue weighted by Gasteiger charge is -1.93. The average Bonchev–Trinajstić information content (AvgIpc) is 2.12. The highest BCUT2D eigenvalue weighted by Crippen LogP contribution is 2.03. The van der Waals surface area contributed by atoms with Crippen molar-refractivity contribution in [3.63, 3.8) is 0 Å². The molecule has 0 saturated carbocycles. The van der Waals surface area contributed by atoms with Crippen molar-refractivity contribution < 1.29 is 4.42 Å². The highest BCUT2D eigenvalue weighted by atomic mass is 35.5. The van der Waals surface area contributed by atoms with Gasteiger partial charge in [-0.05, 0) is 6.92 Å². The molecular weight excluding hydrogens is 175 g/mol. The first kappa shape index (κ1) is 12.4. The van der Waals surface area contributed by atoms with Crippen molar-refractivity contribution >= 4 is 24.8 Å². The van der Waals surface area contributed by atoms with Gasteiger partial charge >= 0.3 is 0 Å². The predicted octanol–water partition coefficient (Wildman–Crippen LogP) is 1.54. The van der Waals surface area contributed by atoms with Gasteiger partial charge in [-0.15, -0.1) is 24.8 Å². The van der Waals surface area contributed by atoms with E-state index in [1.54, 1.807) is 6.26 Å². The number of rotatable bonds is 1. The van der Waals surface area contributed by atoms with Crippen LogP contribution in [-0.4, -0.2) is 4.98 Å². The van der Waals surface area contributed by atoms with Crippen LogP contribution in [0.2, 0.25) is 0 Å². The highest BCUT2D eigenvalue weighted by Gasteiger charge is 1.98. The third kappa shape index (κ3) is 3.06. The van der Waals surface area contributed by atoms with Crippen LogP contribution in [0.5, 0.6) is 0 Å². The van der Waals surface area contributed by atoms with Crippen LogP contribution in [0.3, 0.4) is 0 Å². The Labute approximate surface area is 71.8 Å². The Morgan fingerprint density at radius 1 is 1.60 bits per heavy atom. The van der Waals surface area contributed by atoms with Crippen LogP contribution >= 0.6 is 24.8 Å². The van der Waals surface area contributed by atoms with E-state index >= 15 is 0 Å². The van der Waals surface area contributed by atoms with Crippen LogP contribution in [0, 0.1) is 0 Å². The monoisotopic (exact) mass is 184 g/mol. The molecule has 0 amide bonds. The van der Waals surface area contributed by atoms with Gasteiger partial charge in [-0.25, -0.2) is 4.98 Å². The summed E-state index contributed by atoms with van der Waals surface area (Å²) >= 11 is 0. The number of hydrogen-bond donors (Lipinski definition) is 1. The fourth-order valence-corrected chi connectivity index (χ4v) is 0.447. The molecule has 0 radical (unpaired) electrons. The van der Waals surface area contributed by atoms with Gasteiger partial charge in [0.1, 0.15) is 6.26 Å². The maximum atomic E-state index is 5.44. The van der Waals surface area contributed by atoms with E-state index in [0.29, 0.717) is 0 Å². The molecule has 1 heterocycles. The molecule has 1 unspecified atom stereocenters. The van der Waals surface area contributed by atoms with Crippen molar-refractivity contribution in [2.75, 3.05) is 0 Å². The van der Waals surface area contributed by atoms with Gasteiger partial charge in [0.2, 0.25) is 0 Å². The molecule has 0 spiro atoms. The Kier molecular flexibility index (Phi) is 6.87. The summed E-state index contributed by atoms with van der Waals surface area (Å²) in [7, 11) is 0. The molecule has 1 aromatic heterocycles. The summed E-state index contributed by atoms with van der Waals surface area (Å²) in [6.07, 6.45) is 2.92. The van der Waals surface area contributed by atoms with E-state index in [-0.39, 0.29) is 30.9 Å². The maximum Gasteiger partial charge on any atom is 0.180 e. The van der Waals surface area contributed by atoms with E-state index in [1.165, 1.54) is 6.39 Å². The van der Waals surface area contributed by atoms with E-state index in [0.717, 1.165) is 5.69 Å². The number of nitrogens with zero attached hydrogens (tertiary/aromatic N) is 1. The van der Waals surface area contributed by atoms with Crippen LogP contribution < -0.4 is 5.73 Å². The fourth-order valence-electron chi connectivity index (χ4n) is 0.447. The minimum atomic E-state index is -0.0197. The minimum Gasteiger partial charge on any atom is -0.451 e. The molecule has 3 nitrogen and oxygen atoms in total. The molecule has 0 aromatic carbocycles. The summed E-state index contributed by atoms with van der Waals surface area (Å²) in [6.45, 7) is 1.86. The fraction of sp³-hybridized carbons (Fsp3) is 0.400. The highest BCUT2D eigenvalue weighted by molar-refractivity contribution is 5.85. The minimum absolute atomic E-state index is 0. The van der Waals surface area contributed by atoms with Gasteiger partial charge < -0.3 is 10.2 Å². The predicted molar refractivity (Wildman–Crippen MR) is 43.6 cm³/mol. The van der Waals surface area contributed by atoms with Gasteiger partial charge in [0.15, 0.2) is 6.39 Å². The van der Waals surface area contributed by atoms with E-state index in [4.69, 9.17) is 5.73 Å². The Hall–Kier alpha value is -0.250. The third-order valence-electron chi connectivity index (χ3n) is 0.918. The summed E-state index contributed by atoms with van der Waals surface area (Å²) in [4.78, 5) is 3.82. The first-order valence-electron chi connectivity index (χ1n) is 2.44. The normalized spacial score (nSPS) is 11.0. The second kappa shape index (κ2) is 5.53. The number of hydrogen-bond acceptors (Lipinski definition) is 3. The standard InChI is InChI=1S/C5H8N2O.2ClH/c1-4(6)5-2-8-3-7-5;;/h2-4H,6H2,1H3;2*1H. The van der Waals surface area contributed by atoms with Crippen molar-refractivity contribution in [3.05, 3.63) is 18.4 Å². The van der Waals surface area contributed by atoms with Gasteiger partial charge in [-0.3, -0.25) is 0 Å². The van der Waals surface area contributed by atoms with Crippen molar-refractivity contribution in [2.24, 2.45) is 5.73 Å². The van der Waals surface area contributed by atoms with Gasteiger partial charge in [-0.2, -0.15) is 0 Å². The Morgan fingerprint density at radius 2 is 2.20 bits per heavy atom. The maximum absolute atomic E-state index is 5.44. The molecule has 0 saturated heterocycles. The molecule has 0 aliphatic heterocycles. The SMILES string of the molecule is CC(N)c1cocn1.Cl.Cl. The lowest BCUT2D eigenvalue weighted by molar-refractivity contribution is 0.555. The van der Waals surface area contributed by atoms with E-state index in [9.17, 15) is 0 Å². The summed E-state index contributed by atoms with van der Waals surface area (Å²) in [5.74, 6) is 0. The van der Waals surface area contributed by atoms with Gasteiger partial charge in [0, 0.05) is 6.04 Å². The smallest absolute Gasteiger partial charge is 0.180 e. The van der Waals surface area contributed by atoms with Gasteiger partial charge in [0.25, 0.3) is 0 Å². The molecule has 0 aliphatic carbocycles. The number of nitrogens with two attached hydrogens (primary N) is 1. The molecule has 1 aromatic rings. The number of halogens is 2. The second-order valence-electron chi connectivity index (χ2n) is 1.70. The quantitative estimate of drug-likeness (QED) is 0.721. The zero-order valence-electron chi connectivity index (χ0n) is 5.48. The van der Waals surface area contributed by atoms with Crippen LogP contribution in [0.1, 0.15) is 18.7 Å². The Bertz CT molecular complexity index is 153. The van der Waals surface area contributed by atoms with Crippen molar-refractivity contribution in [2.45, 2.75) is 13.0 Å². The first-order valence-corrected chi connectivity index (χ1v) is 2.44. The number of aromatic nitrogens is 1. The van der Waals surface area contributed by atoms with Crippen LogP contribution in [0.15, 0.2) is 17.1 Å². The van der Waals surface area contributed by atoms with Gasteiger partial charge in [0.05, 0.1) is 5.69 Å². The van der Waals surface area contributed by atoms with Crippen LogP contribution in [0.25, 0.3) is 0 Å². The summed E-state index contributed by atoms with van der Waals surface area (Å²) < 4.78 is 4.68. The lowest BCUT2D eigenvalue weighted by Crippen LogP contribution is -2.04. The van der Waals surface area contributed by atoms with E-state index in [2.05, 4.69) is 9.40 Å². The average molecular weight is 185 g/mol. The molecule has 0 bridgehead atoms. The molecule has 1 rings (SSSR count). The van der Waals surface area contributed by atoms with Crippen molar-refractivity contribution in [1.82, 2.24) is 4.98 Å². The molecule has 10 heavy (non-hydrogen) atoms. The third-order valence-corrected chi connectivity index (χ3v) is 0.918. The Morgan fingerprint density at radius 3 is 2.40 bits per heavy atom. The van der Waals surface area contributed by atoms with E-state index in [1.807, 2.05) is 6.92 Å². The summed E-state index contributed by atoms with van der Waals surface area (Å²) in [5, 5.41) is 0. The summed E-state index contributed by atoms with van der Waals surface area (Å²) in [6, 6.07) is -0.0197. The van der Waals surface area contributed by atoms with Crippen molar-refractivity contribution in [1.29, 1.82) is 0 Å². The summed E-state index contributed by atoms with van der Waals surface area (Å²) in [5.41, 5.74) is 6.23. The molecule has 5 heteroatoms. The molecule has 2 N–H and O–H groups in total. The van der Waals surface area contributed by atoms with E-state index < -0.39 is 0 Å². The molecule has 1 atom stereocenters. The first-order chi connectivity index (χ1) is 3.80. The van der Waals surface area contributed by atoms with Crippen LogP contribution in [0.4, 0.5) is 0 Å². The molecular formula is C5H10Cl2N2O. The van der Waals surface area contributed by atoms with Crippen molar-refractivity contribution in [3.8, 4) is 0 Å². The Balaban J connectivity index is 0. The lowest BCUT2D eigenvalue weighted by atomic mass is 10.3.